The first-order valence-corrected chi connectivity index (χ1v) is 9.11. The zero-order chi connectivity index (χ0) is 20.3. The molecule has 28 heavy (non-hydrogen) atoms. The first-order valence-electron chi connectivity index (χ1n) is 9.11. The standard InChI is InChI=1S/C22H23NO5/c1-22(2,3)15-8-10-16(11-9-15)28-14-19(24)27-13-12-23-20(25)17-6-4-5-7-18(17)21(23)26/h4-11H,12-14H2,1-3H3. The monoisotopic (exact) mass is 381 g/mol. The molecule has 2 aromatic rings. The van der Waals surface area contributed by atoms with Gasteiger partial charge in [-0.3, -0.25) is 14.5 Å². The van der Waals surface area contributed by atoms with Crippen LogP contribution in [0.4, 0.5) is 0 Å². The van der Waals surface area contributed by atoms with Crippen LogP contribution in [0.5, 0.6) is 5.75 Å². The van der Waals surface area contributed by atoms with Crippen LogP contribution in [-0.2, 0) is 14.9 Å². The number of hydrogen-bond acceptors (Lipinski definition) is 5. The lowest BCUT2D eigenvalue weighted by atomic mass is 9.87. The Morgan fingerprint density at radius 3 is 2.04 bits per heavy atom. The molecule has 3 rings (SSSR count). The molecular formula is C22H23NO5. The summed E-state index contributed by atoms with van der Waals surface area (Å²) in [5.74, 6) is -0.722. The summed E-state index contributed by atoms with van der Waals surface area (Å²) in [6.07, 6.45) is 0. The highest BCUT2D eigenvalue weighted by Crippen LogP contribution is 2.24. The van der Waals surface area contributed by atoms with Gasteiger partial charge in [-0.15, -0.1) is 0 Å². The maximum absolute atomic E-state index is 12.2. The molecule has 0 saturated carbocycles. The predicted molar refractivity (Wildman–Crippen MR) is 103 cm³/mol. The lowest BCUT2D eigenvalue weighted by Crippen LogP contribution is -2.33. The van der Waals surface area contributed by atoms with Crippen LogP contribution in [0, 0.1) is 0 Å². The molecule has 0 spiro atoms. The number of carbonyl (C=O) groups is 3. The summed E-state index contributed by atoms with van der Waals surface area (Å²) in [5.41, 5.74) is 1.96. The van der Waals surface area contributed by atoms with Crippen molar-refractivity contribution in [2.75, 3.05) is 19.8 Å². The van der Waals surface area contributed by atoms with E-state index in [0.717, 1.165) is 4.90 Å². The molecule has 1 aliphatic rings. The van der Waals surface area contributed by atoms with Crippen molar-refractivity contribution in [3.05, 3.63) is 65.2 Å². The van der Waals surface area contributed by atoms with Gasteiger partial charge in [0.1, 0.15) is 12.4 Å². The quantitative estimate of drug-likeness (QED) is 0.568. The Morgan fingerprint density at radius 2 is 1.50 bits per heavy atom. The van der Waals surface area contributed by atoms with E-state index in [1.807, 2.05) is 24.3 Å². The van der Waals surface area contributed by atoms with Gasteiger partial charge in [0.15, 0.2) is 6.61 Å². The Morgan fingerprint density at radius 1 is 0.929 bits per heavy atom. The number of fused-ring (bicyclic) bond motifs is 1. The Hall–Kier alpha value is -3.15. The van der Waals surface area contributed by atoms with Gasteiger partial charge in [-0.25, -0.2) is 4.79 Å². The summed E-state index contributed by atoms with van der Waals surface area (Å²) in [5, 5.41) is 0. The van der Waals surface area contributed by atoms with Gasteiger partial charge in [0, 0.05) is 0 Å². The third kappa shape index (κ3) is 4.22. The van der Waals surface area contributed by atoms with Crippen LogP contribution in [0.25, 0.3) is 0 Å². The second-order valence-corrected chi connectivity index (χ2v) is 7.59. The van der Waals surface area contributed by atoms with E-state index in [1.54, 1.807) is 24.3 Å². The number of carbonyl (C=O) groups excluding carboxylic acids is 3. The molecule has 6 nitrogen and oxygen atoms in total. The molecule has 0 saturated heterocycles. The van der Waals surface area contributed by atoms with Gasteiger partial charge in [0.25, 0.3) is 11.8 Å². The molecule has 6 heteroatoms. The van der Waals surface area contributed by atoms with Crippen molar-refractivity contribution < 1.29 is 23.9 Å². The summed E-state index contributed by atoms with van der Waals surface area (Å²) in [6, 6.07) is 14.2. The third-order valence-electron chi connectivity index (χ3n) is 4.53. The van der Waals surface area contributed by atoms with E-state index < -0.39 is 5.97 Å². The van der Waals surface area contributed by atoms with E-state index in [1.165, 1.54) is 5.56 Å². The highest BCUT2D eigenvalue weighted by molar-refractivity contribution is 6.21. The average molecular weight is 381 g/mol. The number of nitrogens with zero attached hydrogens (tertiary/aromatic N) is 1. The number of esters is 1. The fourth-order valence-electron chi connectivity index (χ4n) is 2.93. The summed E-state index contributed by atoms with van der Waals surface area (Å²) >= 11 is 0. The van der Waals surface area contributed by atoms with E-state index in [9.17, 15) is 14.4 Å². The molecule has 2 amide bonds. The summed E-state index contributed by atoms with van der Waals surface area (Å²) in [7, 11) is 0. The number of ether oxygens (including phenoxy) is 2. The van der Waals surface area contributed by atoms with Gasteiger partial charge in [0.2, 0.25) is 0 Å². The van der Waals surface area contributed by atoms with Crippen LogP contribution in [0.2, 0.25) is 0 Å². The van der Waals surface area contributed by atoms with Crippen LogP contribution in [0.15, 0.2) is 48.5 Å². The van der Waals surface area contributed by atoms with Crippen molar-refractivity contribution in [3.8, 4) is 5.75 Å². The van der Waals surface area contributed by atoms with Crippen LogP contribution in [0.1, 0.15) is 47.1 Å². The number of imide groups is 1. The van der Waals surface area contributed by atoms with Gasteiger partial charge >= 0.3 is 5.97 Å². The molecule has 0 radical (unpaired) electrons. The molecule has 0 bridgehead atoms. The minimum atomic E-state index is -0.559. The predicted octanol–water partition coefficient (Wildman–Crippen LogP) is 3.20. The number of benzene rings is 2. The SMILES string of the molecule is CC(C)(C)c1ccc(OCC(=O)OCCN2C(=O)c3ccccc3C2=O)cc1. The van der Waals surface area contributed by atoms with Crippen molar-refractivity contribution in [2.45, 2.75) is 26.2 Å². The van der Waals surface area contributed by atoms with Gasteiger partial charge in [-0.05, 0) is 35.2 Å². The van der Waals surface area contributed by atoms with E-state index in [2.05, 4.69) is 20.8 Å². The first-order chi connectivity index (χ1) is 13.3. The maximum Gasteiger partial charge on any atom is 0.344 e. The van der Waals surface area contributed by atoms with Crippen molar-refractivity contribution in [2.24, 2.45) is 0 Å². The van der Waals surface area contributed by atoms with Crippen LogP contribution in [0.3, 0.4) is 0 Å². The number of amides is 2. The van der Waals surface area contributed by atoms with Crippen molar-refractivity contribution in [1.82, 2.24) is 4.90 Å². The second kappa shape index (κ2) is 7.84. The minimum Gasteiger partial charge on any atom is -0.482 e. The first kappa shape index (κ1) is 19.6. The van der Waals surface area contributed by atoms with E-state index in [-0.39, 0.29) is 37.0 Å². The minimum absolute atomic E-state index is 0.0123. The molecule has 1 aliphatic heterocycles. The molecule has 0 N–H and O–H groups in total. The van der Waals surface area contributed by atoms with Crippen LogP contribution < -0.4 is 4.74 Å². The van der Waals surface area contributed by atoms with Crippen molar-refractivity contribution in [3.63, 3.8) is 0 Å². The molecule has 2 aromatic carbocycles. The molecule has 0 fully saturated rings. The Kier molecular flexibility index (Phi) is 5.49. The Labute approximate surface area is 164 Å². The summed E-state index contributed by atoms with van der Waals surface area (Å²) in [6.45, 7) is 6.06. The average Bonchev–Trinajstić information content (AvgIpc) is 2.91. The Bertz CT molecular complexity index is 861. The van der Waals surface area contributed by atoms with E-state index in [4.69, 9.17) is 9.47 Å². The highest BCUT2D eigenvalue weighted by atomic mass is 16.6. The summed E-state index contributed by atoms with van der Waals surface area (Å²) in [4.78, 5) is 37.4. The second-order valence-electron chi connectivity index (χ2n) is 7.59. The molecule has 1 heterocycles. The highest BCUT2D eigenvalue weighted by Gasteiger charge is 2.34. The molecule has 0 atom stereocenters. The van der Waals surface area contributed by atoms with Crippen molar-refractivity contribution >= 4 is 17.8 Å². The fraction of sp³-hybridized carbons (Fsp3) is 0.318. The number of rotatable bonds is 6. The van der Waals surface area contributed by atoms with Gasteiger partial charge < -0.3 is 9.47 Å². The number of hydrogen-bond donors (Lipinski definition) is 0. The lowest BCUT2D eigenvalue weighted by Gasteiger charge is -2.19. The molecular weight excluding hydrogens is 358 g/mol. The van der Waals surface area contributed by atoms with Gasteiger partial charge in [-0.1, -0.05) is 45.0 Å². The zero-order valence-corrected chi connectivity index (χ0v) is 16.2. The molecule has 0 unspecified atom stereocenters. The largest absolute Gasteiger partial charge is 0.482 e. The van der Waals surface area contributed by atoms with Crippen molar-refractivity contribution in [1.29, 1.82) is 0 Å². The van der Waals surface area contributed by atoms with Gasteiger partial charge in [-0.2, -0.15) is 0 Å². The van der Waals surface area contributed by atoms with Gasteiger partial charge in [0.05, 0.1) is 17.7 Å². The molecule has 0 aromatic heterocycles. The molecule has 146 valence electrons. The van der Waals surface area contributed by atoms with Crippen LogP contribution >= 0.6 is 0 Å². The lowest BCUT2D eigenvalue weighted by molar-refractivity contribution is -0.146. The van der Waals surface area contributed by atoms with Crippen LogP contribution in [-0.4, -0.2) is 42.4 Å². The summed E-state index contributed by atoms with van der Waals surface area (Å²) < 4.78 is 10.5. The topological polar surface area (TPSA) is 72.9 Å². The van der Waals surface area contributed by atoms with E-state index in [0.29, 0.717) is 16.9 Å². The smallest absolute Gasteiger partial charge is 0.344 e. The van der Waals surface area contributed by atoms with E-state index >= 15 is 0 Å². The fourth-order valence-corrected chi connectivity index (χ4v) is 2.93. The zero-order valence-electron chi connectivity index (χ0n) is 16.2. The molecule has 0 aliphatic carbocycles. The maximum atomic E-state index is 12.2. The normalized spacial score (nSPS) is 13.5. The third-order valence-corrected chi connectivity index (χ3v) is 4.53. The Balaban J connectivity index is 1.44.